The van der Waals surface area contributed by atoms with Crippen molar-refractivity contribution in [1.82, 2.24) is 4.90 Å². The fourth-order valence-electron chi connectivity index (χ4n) is 2.56. The highest BCUT2D eigenvalue weighted by atomic mass is 16.1. The van der Waals surface area contributed by atoms with Gasteiger partial charge in [0.1, 0.15) is 0 Å². The molecule has 104 valence electrons. The van der Waals surface area contributed by atoms with Crippen LogP contribution in [0.5, 0.6) is 0 Å². The first kappa shape index (κ1) is 13.9. The second kappa shape index (κ2) is 6.57. The van der Waals surface area contributed by atoms with Crippen LogP contribution in [0, 0.1) is 0 Å². The zero-order valence-corrected chi connectivity index (χ0v) is 11.6. The summed E-state index contributed by atoms with van der Waals surface area (Å²) in [6, 6.07) is 7.93. The van der Waals surface area contributed by atoms with Crippen LogP contribution in [0.15, 0.2) is 24.3 Å². The van der Waals surface area contributed by atoms with Crippen LogP contribution < -0.4 is 11.1 Å². The molecule has 1 saturated heterocycles. The summed E-state index contributed by atoms with van der Waals surface area (Å²) in [5.74, 6) is 0.0802. The zero-order chi connectivity index (χ0) is 13.7. The molecule has 0 saturated carbocycles. The number of nitrogens with one attached hydrogen (secondary N) is 1. The number of nitrogens with two attached hydrogens (primary N) is 1. The molecule has 1 amide bonds. The number of hydrogen-bond acceptors (Lipinski definition) is 3. The number of anilines is 2. The van der Waals surface area contributed by atoms with Crippen LogP contribution in [-0.4, -0.2) is 29.9 Å². The lowest BCUT2D eigenvalue weighted by molar-refractivity contribution is -0.116. The molecule has 0 bridgehead atoms. The molecule has 4 nitrogen and oxygen atoms in total. The first-order chi connectivity index (χ1) is 9.15. The van der Waals surface area contributed by atoms with Gasteiger partial charge in [-0.2, -0.15) is 0 Å². The highest BCUT2D eigenvalue weighted by Crippen LogP contribution is 2.17. The Morgan fingerprint density at radius 1 is 1.42 bits per heavy atom. The summed E-state index contributed by atoms with van der Waals surface area (Å²) in [5.41, 5.74) is 7.13. The molecule has 1 aliphatic heterocycles. The van der Waals surface area contributed by atoms with Gasteiger partial charge >= 0.3 is 0 Å². The summed E-state index contributed by atoms with van der Waals surface area (Å²) in [6.45, 7) is 4.47. The van der Waals surface area contributed by atoms with Crippen LogP contribution >= 0.6 is 0 Å². The van der Waals surface area contributed by atoms with E-state index in [0.29, 0.717) is 18.2 Å². The van der Waals surface area contributed by atoms with Gasteiger partial charge in [0.15, 0.2) is 0 Å². The molecule has 1 aliphatic rings. The van der Waals surface area contributed by atoms with E-state index in [9.17, 15) is 4.79 Å². The lowest BCUT2D eigenvalue weighted by atomic mass is 10.2. The Morgan fingerprint density at radius 3 is 2.79 bits per heavy atom. The van der Waals surface area contributed by atoms with E-state index >= 15 is 0 Å². The lowest BCUT2D eigenvalue weighted by Gasteiger charge is -2.20. The van der Waals surface area contributed by atoms with Crippen molar-refractivity contribution in [2.24, 2.45) is 0 Å². The fraction of sp³-hybridized carbons (Fsp3) is 0.533. The van der Waals surface area contributed by atoms with Crippen molar-refractivity contribution in [3.05, 3.63) is 24.3 Å². The summed E-state index contributed by atoms with van der Waals surface area (Å²) < 4.78 is 0. The Balaban J connectivity index is 1.68. The first-order valence-electron chi connectivity index (χ1n) is 7.04. The van der Waals surface area contributed by atoms with Crippen LogP contribution in [0.25, 0.3) is 0 Å². The van der Waals surface area contributed by atoms with Crippen molar-refractivity contribution < 1.29 is 4.79 Å². The van der Waals surface area contributed by atoms with Crippen molar-refractivity contribution in [1.29, 1.82) is 0 Å². The van der Waals surface area contributed by atoms with Gasteiger partial charge in [-0.15, -0.1) is 0 Å². The quantitative estimate of drug-likeness (QED) is 0.801. The highest BCUT2D eigenvalue weighted by molar-refractivity contribution is 5.90. The number of benzene rings is 1. The lowest BCUT2D eigenvalue weighted by Crippen LogP contribution is -2.28. The summed E-state index contributed by atoms with van der Waals surface area (Å²) in [7, 11) is 0. The van der Waals surface area contributed by atoms with Crippen LogP contribution in [0.4, 0.5) is 11.4 Å². The smallest absolute Gasteiger partial charge is 0.224 e. The number of nitrogens with zero attached hydrogens (tertiary/aromatic N) is 1. The van der Waals surface area contributed by atoms with Gasteiger partial charge in [0, 0.05) is 23.8 Å². The Labute approximate surface area is 115 Å². The molecule has 0 aliphatic carbocycles. The molecule has 19 heavy (non-hydrogen) atoms. The predicted octanol–water partition coefficient (Wildman–Crippen LogP) is 2.47. The zero-order valence-electron chi connectivity index (χ0n) is 11.6. The van der Waals surface area contributed by atoms with E-state index in [2.05, 4.69) is 17.1 Å². The van der Waals surface area contributed by atoms with E-state index in [4.69, 9.17) is 5.73 Å². The topological polar surface area (TPSA) is 58.4 Å². The third-order valence-electron chi connectivity index (χ3n) is 3.73. The molecule has 4 heteroatoms. The van der Waals surface area contributed by atoms with Crippen LogP contribution in [-0.2, 0) is 4.79 Å². The van der Waals surface area contributed by atoms with Gasteiger partial charge in [-0.25, -0.2) is 0 Å². The van der Waals surface area contributed by atoms with Gasteiger partial charge in [0.05, 0.1) is 0 Å². The molecule has 2 rings (SSSR count). The standard InChI is InChI=1S/C15H23N3O/c1-12-4-2-10-18(12)11-3-5-15(19)17-14-8-6-13(16)7-9-14/h6-9,12H,2-5,10-11,16H2,1H3,(H,17,19). The SMILES string of the molecule is CC1CCCN1CCCC(=O)Nc1ccc(N)cc1. The number of carbonyl (C=O) groups is 1. The minimum atomic E-state index is 0.0802. The molecule has 1 unspecified atom stereocenters. The summed E-state index contributed by atoms with van der Waals surface area (Å²) in [4.78, 5) is 14.3. The van der Waals surface area contributed by atoms with Gasteiger partial charge in [-0.3, -0.25) is 4.79 Å². The number of rotatable bonds is 5. The summed E-state index contributed by atoms with van der Waals surface area (Å²) in [6.07, 6.45) is 4.08. The van der Waals surface area contributed by atoms with Crippen molar-refractivity contribution in [3.8, 4) is 0 Å². The van der Waals surface area contributed by atoms with Crippen molar-refractivity contribution in [3.63, 3.8) is 0 Å². The maximum Gasteiger partial charge on any atom is 0.224 e. The predicted molar refractivity (Wildman–Crippen MR) is 79.0 cm³/mol. The van der Waals surface area contributed by atoms with E-state index in [1.54, 1.807) is 12.1 Å². The molecule has 1 aromatic carbocycles. The average molecular weight is 261 g/mol. The fourth-order valence-corrected chi connectivity index (χ4v) is 2.56. The third kappa shape index (κ3) is 4.24. The van der Waals surface area contributed by atoms with E-state index in [-0.39, 0.29) is 5.91 Å². The molecule has 0 aromatic heterocycles. The molecule has 0 spiro atoms. The van der Waals surface area contributed by atoms with E-state index in [1.807, 2.05) is 12.1 Å². The van der Waals surface area contributed by atoms with Crippen molar-refractivity contribution in [2.45, 2.75) is 38.6 Å². The van der Waals surface area contributed by atoms with E-state index < -0.39 is 0 Å². The molecule has 1 atom stereocenters. The molecule has 3 N–H and O–H groups in total. The van der Waals surface area contributed by atoms with Gasteiger partial charge < -0.3 is 16.0 Å². The molecule has 0 radical (unpaired) electrons. The van der Waals surface area contributed by atoms with E-state index in [0.717, 1.165) is 18.7 Å². The van der Waals surface area contributed by atoms with Crippen LogP contribution in [0.1, 0.15) is 32.6 Å². The maximum atomic E-state index is 11.8. The number of hydrogen-bond donors (Lipinski definition) is 2. The summed E-state index contributed by atoms with van der Waals surface area (Å²) in [5, 5.41) is 2.89. The molecular weight excluding hydrogens is 238 g/mol. The van der Waals surface area contributed by atoms with Gasteiger partial charge in [-0.05, 0) is 63.5 Å². The second-order valence-corrected chi connectivity index (χ2v) is 5.30. The third-order valence-corrected chi connectivity index (χ3v) is 3.73. The van der Waals surface area contributed by atoms with Crippen LogP contribution in [0.3, 0.4) is 0 Å². The number of carbonyl (C=O) groups excluding carboxylic acids is 1. The van der Waals surface area contributed by atoms with Crippen molar-refractivity contribution >= 4 is 17.3 Å². The molecular formula is C15H23N3O. The minimum absolute atomic E-state index is 0.0802. The second-order valence-electron chi connectivity index (χ2n) is 5.30. The molecule has 1 fully saturated rings. The highest BCUT2D eigenvalue weighted by Gasteiger charge is 2.19. The number of nitrogen functional groups attached to an aromatic ring is 1. The number of likely N-dealkylation sites (tertiary alicyclic amines) is 1. The van der Waals surface area contributed by atoms with Crippen LogP contribution in [0.2, 0.25) is 0 Å². The van der Waals surface area contributed by atoms with Gasteiger partial charge in [-0.1, -0.05) is 0 Å². The van der Waals surface area contributed by atoms with Gasteiger partial charge in [0.25, 0.3) is 0 Å². The average Bonchev–Trinajstić information content (AvgIpc) is 2.78. The Hall–Kier alpha value is -1.55. The normalized spacial score (nSPS) is 19.5. The van der Waals surface area contributed by atoms with Gasteiger partial charge in [0.2, 0.25) is 5.91 Å². The first-order valence-corrected chi connectivity index (χ1v) is 7.04. The largest absolute Gasteiger partial charge is 0.399 e. The van der Waals surface area contributed by atoms with E-state index in [1.165, 1.54) is 19.4 Å². The molecule has 1 aromatic rings. The molecule has 1 heterocycles. The number of amides is 1. The monoisotopic (exact) mass is 261 g/mol. The Kier molecular flexibility index (Phi) is 4.80. The Morgan fingerprint density at radius 2 is 2.16 bits per heavy atom. The Bertz CT molecular complexity index is 416. The maximum absolute atomic E-state index is 11.8. The minimum Gasteiger partial charge on any atom is -0.399 e. The van der Waals surface area contributed by atoms with Crippen molar-refractivity contribution in [2.75, 3.05) is 24.1 Å². The summed E-state index contributed by atoms with van der Waals surface area (Å²) >= 11 is 0.